The summed E-state index contributed by atoms with van der Waals surface area (Å²) in [6, 6.07) is 14.8. The summed E-state index contributed by atoms with van der Waals surface area (Å²) in [4.78, 5) is 27.7. The Bertz CT molecular complexity index is 1070. The number of anilines is 2. The van der Waals surface area contributed by atoms with Crippen LogP contribution in [0.1, 0.15) is 63.4 Å². The predicted octanol–water partition coefficient (Wildman–Crippen LogP) is 3.99. The smallest absolute Gasteiger partial charge is 0.251 e. The van der Waals surface area contributed by atoms with Crippen LogP contribution >= 0.6 is 0 Å². The highest BCUT2D eigenvalue weighted by Crippen LogP contribution is 2.27. The highest BCUT2D eigenvalue weighted by molar-refractivity contribution is 6.00. The van der Waals surface area contributed by atoms with Crippen molar-refractivity contribution in [3.63, 3.8) is 0 Å². The number of β-amino-alcohol motifs (C(OH)–C–C–N with tert-alkyl or cyclic N) is 1. The van der Waals surface area contributed by atoms with Crippen LogP contribution in [0, 0.1) is 5.92 Å². The Labute approximate surface area is 233 Å². The van der Waals surface area contributed by atoms with Gasteiger partial charge in [0.05, 0.1) is 18.8 Å². The Hall–Kier alpha value is -2.94. The lowest BCUT2D eigenvalue weighted by atomic mass is 9.99. The molecule has 2 aromatic rings. The molecule has 39 heavy (non-hydrogen) atoms. The number of aliphatic hydroxyl groups is 1. The van der Waals surface area contributed by atoms with Crippen molar-refractivity contribution in [3.05, 3.63) is 59.7 Å². The van der Waals surface area contributed by atoms with Gasteiger partial charge in [-0.3, -0.25) is 9.59 Å². The van der Waals surface area contributed by atoms with Crippen molar-refractivity contribution < 1.29 is 19.4 Å². The molecule has 4 N–H and O–H groups in total. The van der Waals surface area contributed by atoms with E-state index in [1.54, 1.807) is 17.0 Å². The van der Waals surface area contributed by atoms with Crippen LogP contribution < -0.4 is 20.9 Å². The van der Waals surface area contributed by atoms with E-state index in [-0.39, 0.29) is 17.4 Å². The van der Waals surface area contributed by atoms with E-state index >= 15 is 0 Å². The molecule has 2 atom stereocenters. The van der Waals surface area contributed by atoms with Crippen LogP contribution in [0.2, 0.25) is 0 Å². The maximum Gasteiger partial charge on any atom is 0.251 e. The van der Waals surface area contributed by atoms with Crippen molar-refractivity contribution >= 4 is 23.2 Å². The predicted molar refractivity (Wildman–Crippen MR) is 157 cm³/mol. The standard InChI is InChI=1S/C31H46N4O4/c1-6-32-25-16-24(17-26(18-25)35-14-10-13-29(35)37)30(38)34-27(15-23-11-8-7-9-12-23)28(36)19-33-31(4,5)21-39-20-22(2)3/h7-9,11-12,16-18,22,27-28,32-33,36H,6,10,13-15,19-21H2,1-5H3,(H,34,38)/t27-,28-/m0/s1. The summed E-state index contributed by atoms with van der Waals surface area (Å²) < 4.78 is 5.81. The molecule has 1 saturated heterocycles. The summed E-state index contributed by atoms with van der Waals surface area (Å²) in [5.74, 6) is 0.229. The molecule has 0 aromatic heterocycles. The van der Waals surface area contributed by atoms with Crippen LogP contribution in [0.3, 0.4) is 0 Å². The fourth-order valence-electron chi connectivity index (χ4n) is 4.65. The number of nitrogens with one attached hydrogen (secondary N) is 3. The number of aliphatic hydroxyl groups excluding tert-OH is 1. The number of nitrogens with zero attached hydrogens (tertiary/aromatic N) is 1. The minimum absolute atomic E-state index is 0.0680. The minimum Gasteiger partial charge on any atom is -0.390 e. The van der Waals surface area contributed by atoms with Gasteiger partial charge in [-0.15, -0.1) is 0 Å². The second kappa shape index (κ2) is 14.4. The Kier molecular flexibility index (Phi) is 11.3. The first-order valence-corrected chi connectivity index (χ1v) is 14.1. The molecule has 2 amide bonds. The number of carbonyl (C=O) groups is 2. The summed E-state index contributed by atoms with van der Waals surface area (Å²) in [6.45, 7) is 13.1. The van der Waals surface area contributed by atoms with Crippen LogP contribution in [-0.2, 0) is 16.0 Å². The zero-order valence-corrected chi connectivity index (χ0v) is 24.1. The van der Waals surface area contributed by atoms with E-state index < -0.39 is 12.1 Å². The van der Waals surface area contributed by atoms with Gasteiger partial charge in [0.15, 0.2) is 0 Å². The Morgan fingerprint density at radius 3 is 2.54 bits per heavy atom. The van der Waals surface area contributed by atoms with E-state index in [0.29, 0.717) is 62.9 Å². The van der Waals surface area contributed by atoms with E-state index in [0.717, 1.165) is 17.7 Å². The first-order chi connectivity index (χ1) is 18.6. The fourth-order valence-corrected chi connectivity index (χ4v) is 4.65. The van der Waals surface area contributed by atoms with Crippen LogP contribution in [-0.4, -0.2) is 67.5 Å². The monoisotopic (exact) mass is 538 g/mol. The lowest BCUT2D eigenvalue weighted by molar-refractivity contribution is -0.117. The van der Waals surface area contributed by atoms with Crippen LogP contribution in [0.4, 0.5) is 11.4 Å². The van der Waals surface area contributed by atoms with Crippen molar-refractivity contribution in [1.82, 2.24) is 10.6 Å². The molecule has 8 nitrogen and oxygen atoms in total. The molecule has 1 aliphatic heterocycles. The van der Waals surface area contributed by atoms with Gasteiger partial charge >= 0.3 is 0 Å². The first kappa shape index (κ1) is 30.6. The number of hydrogen-bond acceptors (Lipinski definition) is 6. The third-order valence-electron chi connectivity index (χ3n) is 6.73. The molecule has 0 aliphatic carbocycles. The molecule has 2 aromatic carbocycles. The number of ether oxygens (including phenoxy) is 1. The lowest BCUT2D eigenvalue weighted by Gasteiger charge is -2.31. The molecule has 0 saturated carbocycles. The van der Waals surface area contributed by atoms with Gasteiger partial charge in [0.25, 0.3) is 5.91 Å². The van der Waals surface area contributed by atoms with Crippen molar-refractivity contribution in [2.75, 3.05) is 43.1 Å². The lowest BCUT2D eigenvalue weighted by Crippen LogP contribution is -2.53. The normalized spacial score (nSPS) is 15.5. The Morgan fingerprint density at radius 2 is 1.90 bits per heavy atom. The zero-order chi connectivity index (χ0) is 28.4. The van der Waals surface area contributed by atoms with Gasteiger partial charge in [0, 0.05) is 55.1 Å². The summed E-state index contributed by atoms with van der Waals surface area (Å²) in [7, 11) is 0. The van der Waals surface area contributed by atoms with Crippen molar-refractivity contribution in [1.29, 1.82) is 0 Å². The van der Waals surface area contributed by atoms with Gasteiger partial charge in [0.2, 0.25) is 5.91 Å². The van der Waals surface area contributed by atoms with Gasteiger partial charge in [0.1, 0.15) is 0 Å². The summed E-state index contributed by atoms with van der Waals surface area (Å²) >= 11 is 0. The topological polar surface area (TPSA) is 103 Å². The van der Waals surface area contributed by atoms with Crippen molar-refractivity contribution in [2.24, 2.45) is 5.92 Å². The SMILES string of the molecule is CCNc1cc(C(=O)N[C@@H](Cc2ccccc2)[C@@H](O)CNC(C)(C)COCC(C)C)cc(N2CCCC2=O)c1. The van der Waals surface area contributed by atoms with Gasteiger partial charge < -0.3 is 30.7 Å². The second-order valence-corrected chi connectivity index (χ2v) is 11.5. The molecule has 0 unspecified atom stereocenters. The summed E-state index contributed by atoms with van der Waals surface area (Å²) in [5, 5.41) is 21.0. The molecular formula is C31H46N4O4. The van der Waals surface area contributed by atoms with Crippen LogP contribution in [0.15, 0.2) is 48.5 Å². The van der Waals surface area contributed by atoms with Gasteiger partial charge in [-0.05, 0) is 63.3 Å². The van der Waals surface area contributed by atoms with Gasteiger partial charge in [-0.2, -0.15) is 0 Å². The van der Waals surface area contributed by atoms with E-state index in [1.807, 2.05) is 57.2 Å². The molecule has 1 aliphatic rings. The van der Waals surface area contributed by atoms with Crippen molar-refractivity contribution in [3.8, 4) is 0 Å². The number of amides is 2. The molecule has 0 spiro atoms. The van der Waals surface area contributed by atoms with E-state index in [9.17, 15) is 14.7 Å². The molecular weight excluding hydrogens is 492 g/mol. The largest absolute Gasteiger partial charge is 0.390 e. The zero-order valence-electron chi connectivity index (χ0n) is 24.1. The molecule has 214 valence electrons. The van der Waals surface area contributed by atoms with Crippen LogP contribution in [0.5, 0.6) is 0 Å². The van der Waals surface area contributed by atoms with Gasteiger partial charge in [-0.1, -0.05) is 44.2 Å². The van der Waals surface area contributed by atoms with E-state index in [2.05, 4.69) is 29.8 Å². The molecule has 8 heteroatoms. The molecule has 3 rings (SSSR count). The third-order valence-corrected chi connectivity index (χ3v) is 6.73. The fraction of sp³-hybridized carbons (Fsp3) is 0.548. The summed E-state index contributed by atoms with van der Waals surface area (Å²) in [5.41, 5.74) is 2.62. The molecule has 1 heterocycles. The maximum absolute atomic E-state index is 13.6. The molecule has 0 radical (unpaired) electrons. The summed E-state index contributed by atoms with van der Waals surface area (Å²) in [6.07, 6.45) is 0.965. The highest BCUT2D eigenvalue weighted by Gasteiger charge is 2.27. The molecule has 1 fully saturated rings. The Balaban J connectivity index is 1.77. The quantitative estimate of drug-likeness (QED) is 0.274. The van der Waals surface area contributed by atoms with Crippen LogP contribution in [0.25, 0.3) is 0 Å². The highest BCUT2D eigenvalue weighted by atomic mass is 16.5. The van der Waals surface area contributed by atoms with Gasteiger partial charge in [-0.25, -0.2) is 0 Å². The second-order valence-electron chi connectivity index (χ2n) is 11.5. The number of rotatable bonds is 15. The Morgan fingerprint density at radius 1 is 1.15 bits per heavy atom. The molecule has 0 bridgehead atoms. The number of carbonyl (C=O) groups excluding carboxylic acids is 2. The average Bonchev–Trinajstić information content (AvgIpc) is 3.33. The minimum atomic E-state index is -0.838. The third kappa shape index (κ3) is 9.64. The first-order valence-electron chi connectivity index (χ1n) is 14.1. The van der Waals surface area contributed by atoms with E-state index in [1.165, 1.54) is 0 Å². The maximum atomic E-state index is 13.6. The number of benzene rings is 2. The van der Waals surface area contributed by atoms with E-state index in [4.69, 9.17) is 4.74 Å². The number of hydrogen-bond donors (Lipinski definition) is 4. The average molecular weight is 539 g/mol. The van der Waals surface area contributed by atoms with Crippen molar-refractivity contribution in [2.45, 2.75) is 71.6 Å².